The van der Waals surface area contributed by atoms with E-state index in [1.807, 2.05) is 25.1 Å². The molecule has 0 N–H and O–H groups in total. The first-order valence-corrected chi connectivity index (χ1v) is 6.76. The zero-order chi connectivity index (χ0) is 13.8. The van der Waals surface area contributed by atoms with E-state index < -0.39 is 0 Å². The average molecular weight is 262 g/mol. The smallest absolute Gasteiger partial charge is 0.146 e. The number of carbonyl (C=O) groups is 1. The fraction of sp³-hybridized carbons (Fsp3) is 0.533. The maximum atomic E-state index is 11.4. The largest absolute Gasteiger partial charge is 0.495 e. The highest BCUT2D eigenvalue weighted by atomic mass is 16.5. The summed E-state index contributed by atoms with van der Waals surface area (Å²) in [7, 11) is 1.70. The summed E-state index contributed by atoms with van der Waals surface area (Å²) in [6, 6.07) is 8.11. The van der Waals surface area contributed by atoms with Gasteiger partial charge in [0, 0.05) is 26.2 Å². The molecule has 0 radical (unpaired) electrons. The normalized spacial score (nSPS) is 18.2. The van der Waals surface area contributed by atoms with E-state index in [9.17, 15) is 4.79 Å². The van der Waals surface area contributed by atoms with Crippen LogP contribution in [0.5, 0.6) is 5.75 Å². The van der Waals surface area contributed by atoms with Crippen molar-refractivity contribution in [1.29, 1.82) is 0 Å². The van der Waals surface area contributed by atoms with Crippen LogP contribution < -0.4 is 9.64 Å². The Morgan fingerprint density at radius 1 is 1.21 bits per heavy atom. The molecule has 4 heteroatoms. The lowest BCUT2D eigenvalue weighted by Crippen LogP contribution is -2.51. The number of Topliss-reactive ketones (excluding diaryl/α,β-unsaturated/α-hetero) is 1. The van der Waals surface area contributed by atoms with Crippen LogP contribution in [0.4, 0.5) is 5.69 Å². The number of hydrogen-bond donors (Lipinski definition) is 0. The van der Waals surface area contributed by atoms with Crippen molar-refractivity contribution in [1.82, 2.24) is 4.90 Å². The van der Waals surface area contributed by atoms with E-state index >= 15 is 0 Å². The minimum absolute atomic E-state index is 0.0276. The number of piperazine rings is 1. The number of nitrogens with zero attached hydrogens (tertiary/aromatic N) is 2. The van der Waals surface area contributed by atoms with E-state index in [-0.39, 0.29) is 11.8 Å². The number of rotatable bonds is 4. The van der Waals surface area contributed by atoms with E-state index in [0.29, 0.717) is 0 Å². The van der Waals surface area contributed by atoms with Gasteiger partial charge in [0.2, 0.25) is 0 Å². The number of ether oxygens (including phenoxy) is 1. The zero-order valence-electron chi connectivity index (χ0n) is 11.9. The molecule has 1 heterocycles. The lowest BCUT2D eigenvalue weighted by molar-refractivity contribution is -0.121. The summed E-state index contributed by atoms with van der Waals surface area (Å²) in [4.78, 5) is 16.0. The standard InChI is InChI=1S/C15H22N2O2/c1-12(13(2)18)16-8-10-17(11-9-16)14-6-4-5-7-15(14)19-3/h4-7,12H,8-11H2,1-3H3. The first-order valence-electron chi connectivity index (χ1n) is 6.76. The molecule has 1 unspecified atom stereocenters. The molecule has 4 nitrogen and oxygen atoms in total. The highest BCUT2D eigenvalue weighted by Gasteiger charge is 2.24. The van der Waals surface area contributed by atoms with E-state index in [2.05, 4.69) is 15.9 Å². The van der Waals surface area contributed by atoms with Crippen LogP contribution in [-0.4, -0.2) is 50.0 Å². The Balaban J connectivity index is 2.02. The SMILES string of the molecule is COc1ccccc1N1CCN(C(C)C(C)=O)CC1. The third-order valence-electron chi connectivity index (χ3n) is 3.88. The number of anilines is 1. The van der Waals surface area contributed by atoms with Gasteiger partial charge in [-0.15, -0.1) is 0 Å². The third-order valence-corrected chi connectivity index (χ3v) is 3.88. The molecule has 1 saturated heterocycles. The Morgan fingerprint density at radius 2 is 1.84 bits per heavy atom. The van der Waals surface area contributed by atoms with Crippen molar-refractivity contribution in [2.45, 2.75) is 19.9 Å². The molecular formula is C15H22N2O2. The van der Waals surface area contributed by atoms with Crippen molar-refractivity contribution in [3.8, 4) is 5.75 Å². The molecule has 0 amide bonds. The molecule has 2 rings (SSSR count). The summed E-state index contributed by atoms with van der Waals surface area (Å²) in [6.07, 6.45) is 0. The van der Waals surface area contributed by atoms with Crippen molar-refractivity contribution in [2.24, 2.45) is 0 Å². The van der Waals surface area contributed by atoms with Gasteiger partial charge in [-0.3, -0.25) is 9.69 Å². The fourth-order valence-corrected chi connectivity index (χ4v) is 2.50. The van der Waals surface area contributed by atoms with Crippen LogP contribution in [0.25, 0.3) is 0 Å². The predicted octanol–water partition coefficient (Wildman–Crippen LogP) is 1.79. The van der Waals surface area contributed by atoms with Gasteiger partial charge < -0.3 is 9.64 Å². The van der Waals surface area contributed by atoms with Crippen LogP contribution in [0.15, 0.2) is 24.3 Å². The minimum atomic E-state index is 0.0276. The second-order valence-electron chi connectivity index (χ2n) is 4.98. The molecule has 19 heavy (non-hydrogen) atoms. The molecule has 104 valence electrons. The van der Waals surface area contributed by atoms with Crippen molar-refractivity contribution in [3.05, 3.63) is 24.3 Å². The molecule has 1 fully saturated rings. The van der Waals surface area contributed by atoms with Crippen molar-refractivity contribution in [3.63, 3.8) is 0 Å². The number of methoxy groups -OCH3 is 1. The molecule has 0 aliphatic carbocycles. The predicted molar refractivity (Wildman–Crippen MR) is 76.9 cm³/mol. The van der Waals surface area contributed by atoms with Gasteiger partial charge in [0.25, 0.3) is 0 Å². The van der Waals surface area contributed by atoms with E-state index in [4.69, 9.17) is 4.74 Å². The van der Waals surface area contributed by atoms with Gasteiger partial charge in [-0.25, -0.2) is 0 Å². The maximum Gasteiger partial charge on any atom is 0.146 e. The summed E-state index contributed by atoms with van der Waals surface area (Å²) in [6.45, 7) is 7.34. The Hall–Kier alpha value is -1.55. The lowest BCUT2D eigenvalue weighted by Gasteiger charge is -2.38. The molecule has 1 aliphatic heterocycles. The summed E-state index contributed by atoms with van der Waals surface area (Å²) in [5, 5.41) is 0. The van der Waals surface area contributed by atoms with Gasteiger partial charge in [-0.2, -0.15) is 0 Å². The van der Waals surface area contributed by atoms with Crippen LogP contribution in [0.1, 0.15) is 13.8 Å². The first kappa shape index (κ1) is 13.9. The second-order valence-corrected chi connectivity index (χ2v) is 4.98. The van der Waals surface area contributed by atoms with Gasteiger partial charge in [-0.05, 0) is 26.0 Å². The van der Waals surface area contributed by atoms with Gasteiger partial charge in [-0.1, -0.05) is 12.1 Å². The molecule has 0 saturated carbocycles. The number of ketones is 1. The number of benzene rings is 1. The summed E-state index contributed by atoms with van der Waals surface area (Å²) >= 11 is 0. The molecule has 1 atom stereocenters. The molecule has 1 aliphatic rings. The van der Waals surface area contributed by atoms with E-state index in [1.54, 1.807) is 14.0 Å². The van der Waals surface area contributed by atoms with Crippen molar-refractivity contribution in [2.75, 3.05) is 38.2 Å². The lowest BCUT2D eigenvalue weighted by atomic mass is 10.1. The Labute approximate surface area is 115 Å². The van der Waals surface area contributed by atoms with Crippen LogP contribution >= 0.6 is 0 Å². The number of carbonyl (C=O) groups excluding carboxylic acids is 1. The summed E-state index contributed by atoms with van der Waals surface area (Å²) in [5.74, 6) is 1.15. The first-order chi connectivity index (χ1) is 9.13. The van der Waals surface area contributed by atoms with E-state index in [1.165, 1.54) is 0 Å². The highest BCUT2D eigenvalue weighted by Crippen LogP contribution is 2.28. The second kappa shape index (κ2) is 6.06. The molecule has 0 spiro atoms. The van der Waals surface area contributed by atoms with Gasteiger partial charge in [0.05, 0.1) is 18.8 Å². The molecule has 1 aromatic rings. The zero-order valence-corrected chi connectivity index (χ0v) is 11.9. The Bertz CT molecular complexity index is 440. The topological polar surface area (TPSA) is 32.8 Å². The molecule has 1 aromatic carbocycles. The van der Waals surface area contributed by atoms with Crippen LogP contribution in [-0.2, 0) is 4.79 Å². The Kier molecular flexibility index (Phi) is 4.43. The molecular weight excluding hydrogens is 240 g/mol. The average Bonchev–Trinajstić information content (AvgIpc) is 2.46. The molecule has 0 aromatic heterocycles. The van der Waals surface area contributed by atoms with Crippen LogP contribution in [0, 0.1) is 0 Å². The molecule has 0 bridgehead atoms. The minimum Gasteiger partial charge on any atom is -0.495 e. The van der Waals surface area contributed by atoms with Gasteiger partial charge in [0.1, 0.15) is 11.5 Å². The number of hydrogen-bond acceptors (Lipinski definition) is 4. The quantitative estimate of drug-likeness (QED) is 0.828. The monoisotopic (exact) mass is 262 g/mol. The van der Waals surface area contributed by atoms with E-state index in [0.717, 1.165) is 37.6 Å². The van der Waals surface area contributed by atoms with Crippen LogP contribution in [0.3, 0.4) is 0 Å². The highest BCUT2D eigenvalue weighted by molar-refractivity contribution is 5.81. The van der Waals surface area contributed by atoms with Crippen LogP contribution in [0.2, 0.25) is 0 Å². The van der Waals surface area contributed by atoms with Crippen molar-refractivity contribution < 1.29 is 9.53 Å². The van der Waals surface area contributed by atoms with Gasteiger partial charge >= 0.3 is 0 Å². The van der Waals surface area contributed by atoms with Crippen molar-refractivity contribution >= 4 is 11.5 Å². The third kappa shape index (κ3) is 3.07. The summed E-state index contributed by atoms with van der Waals surface area (Å²) in [5.41, 5.74) is 1.14. The Morgan fingerprint density at radius 3 is 2.42 bits per heavy atom. The summed E-state index contributed by atoms with van der Waals surface area (Å²) < 4.78 is 5.40. The fourth-order valence-electron chi connectivity index (χ4n) is 2.50. The maximum absolute atomic E-state index is 11.4. The number of para-hydroxylation sites is 2. The van der Waals surface area contributed by atoms with Gasteiger partial charge in [0.15, 0.2) is 0 Å².